The van der Waals surface area contributed by atoms with Gasteiger partial charge in [0.1, 0.15) is 11.5 Å². The van der Waals surface area contributed by atoms with E-state index in [1.54, 1.807) is 19.9 Å². The summed E-state index contributed by atoms with van der Waals surface area (Å²) in [5, 5.41) is 0. The molecule has 0 aliphatic rings. The fourth-order valence-electron chi connectivity index (χ4n) is 2.49. The van der Waals surface area contributed by atoms with Crippen molar-refractivity contribution in [3.63, 3.8) is 0 Å². The molecule has 0 spiro atoms. The molecule has 0 bridgehead atoms. The average molecular weight is 314 g/mol. The third kappa shape index (κ3) is 4.45. The lowest BCUT2D eigenvalue weighted by atomic mass is 10.0. The van der Waals surface area contributed by atoms with E-state index >= 15 is 0 Å². The summed E-state index contributed by atoms with van der Waals surface area (Å²) in [6.45, 7) is 7.56. The molecule has 0 aliphatic carbocycles. The highest BCUT2D eigenvalue weighted by Gasteiger charge is 2.14. The lowest BCUT2D eigenvalue weighted by molar-refractivity contribution is -0.121. The molecule has 1 aromatic heterocycles. The van der Waals surface area contributed by atoms with Crippen molar-refractivity contribution in [2.45, 2.75) is 40.5 Å². The first-order chi connectivity index (χ1) is 10.9. The van der Waals surface area contributed by atoms with Crippen molar-refractivity contribution in [3.8, 4) is 0 Å². The largest absolute Gasteiger partial charge is 0.466 e. The molecule has 1 heterocycles. The van der Waals surface area contributed by atoms with Crippen LogP contribution in [0.2, 0.25) is 0 Å². The quantitative estimate of drug-likeness (QED) is 0.852. The van der Waals surface area contributed by atoms with E-state index < -0.39 is 0 Å². The molecule has 0 radical (unpaired) electrons. The molecule has 0 saturated heterocycles. The van der Waals surface area contributed by atoms with Crippen LogP contribution in [0.1, 0.15) is 45.0 Å². The molecule has 0 unspecified atom stereocenters. The van der Waals surface area contributed by atoms with Gasteiger partial charge in [-0.2, -0.15) is 0 Å². The fourth-order valence-corrected chi connectivity index (χ4v) is 2.49. The van der Waals surface area contributed by atoms with Gasteiger partial charge in [0.2, 0.25) is 5.91 Å². The number of nitrogens with one attached hydrogen (secondary N) is 2. The molecule has 5 heteroatoms. The van der Waals surface area contributed by atoms with Crippen LogP contribution in [0.3, 0.4) is 0 Å². The second kappa shape index (κ2) is 7.13. The van der Waals surface area contributed by atoms with E-state index in [9.17, 15) is 9.59 Å². The molecule has 2 N–H and O–H groups in total. The Morgan fingerprint density at radius 1 is 1.04 bits per heavy atom. The van der Waals surface area contributed by atoms with Crippen LogP contribution in [0.5, 0.6) is 0 Å². The Bertz CT molecular complexity index is 732. The Morgan fingerprint density at radius 2 is 1.78 bits per heavy atom. The van der Waals surface area contributed by atoms with Gasteiger partial charge < -0.3 is 4.42 Å². The zero-order chi connectivity index (χ0) is 17.0. The summed E-state index contributed by atoms with van der Waals surface area (Å²) in [5.41, 5.74) is 8.79. The van der Waals surface area contributed by atoms with Crippen molar-refractivity contribution in [1.82, 2.24) is 10.9 Å². The summed E-state index contributed by atoms with van der Waals surface area (Å²) in [4.78, 5) is 23.8. The molecule has 0 atom stereocenters. The minimum atomic E-state index is -0.376. The van der Waals surface area contributed by atoms with Crippen molar-refractivity contribution in [2.75, 3.05) is 0 Å². The standard InChI is InChI=1S/C18H22N2O3/c1-11-5-6-15(12(2)9-11)7-8-17(21)19-20-18(22)16-10-13(3)23-14(16)4/h5-6,9-10H,7-8H2,1-4H3,(H,19,21)(H,20,22). The Morgan fingerprint density at radius 3 is 2.39 bits per heavy atom. The predicted molar refractivity (Wildman–Crippen MR) is 88.0 cm³/mol. The molecule has 5 nitrogen and oxygen atoms in total. The van der Waals surface area contributed by atoms with Gasteiger partial charge >= 0.3 is 0 Å². The van der Waals surface area contributed by atoms with Gasteiger partial charge in [0.25, 0.3) is 5.91 Å². The summed E-state index contributed by atoms with van der Waals surface area (Å²) >= 11 is 0. The lowest BCUT2D eigenvalue weighted by Gasteiger charge is -2.08. The maximum absolute atomic E-state index is 12.0. The molecule has 0 aliphatic heterocycles. The lowest BCUT2D eigenvalue weighted by Crippen LogP contribution is -2.41. The molecule has 122 valence electrons. The van der Waals surface area contributed by atoms with Gasteiger partial charge in [-0.15, -0.1) is 0 Å². The molecule has 2 rings (SSSR count). The summed E-state index contributed by atoms with van der Waals surface area (Å²) in [6.07, 6.45) is 0.950. The van der Waals surface area contributed by atoms with Gasteiger partial charge in [-0.05, 0) is 51.3 Å². The number of amides is 2. The van der Waals surface area contributed by atoms with Crippen molar-refractivity contribution >= 4 is 11.8 Å². The summed E-state index contributed by atoms with van der Waals surface area (Å²) in [7, 11) is 0. The summed E-state index contributed by atoms with van der Waals surface area (Å²) in [6, 6.07) is 7.81. The number of furan rings is 1. The number of hydrogen-bond acceptors (Lipinski definition) is 3. The Kier molecular flexibility index (Phi) is 5.21. The third-order valence-electron chi connectivity index (χ3n) is 3.72. The maximum Gasteiger partial charge on any atom is 0.273 e. The minimum Gasteiger partial charge on any atom is -0.466 e. The number of hydrazine groups is 1. The van der Waals surface area contributed by atoms with Gasteiger partial charge in [0.05, 0.1) is 5.56 Å². The van der Waals surface area contributed by atoms with Crippen molar-refractivity contribution in [1.29, 1.82) is 0 Å². The normalized spacial score (nSPS) is 10.4. The van der Waals surface area contributed by atoms with Gasteiger partial charge in [0.15, 0.2) is 0 Å². The first-order valence-electron chi connectivity index (χ1n) is 7.59. The van der Waals surface area contributed by atoms with Crippen LogP contribution >= 0.6 is 0 Å². The number of aryl methyl sites for hydroxylation is 5. The van der Waals surface area contributed by atoms with Crippen LogP contribution in [-0.2, 0) is 11.2 Å². The second-order valence-electron chi connectivity index (χ2n) is 5.76. The van der Waals surface area contributed by atoms with Gasteiger partial charge in [0, 0.05) is 6.42 Å². The number of hydrogen-bond donors (Lipinski definition) is 2. The van der Waals surface area contributed by atoms with E-state index in [-0.39, 0.29) is 11.8 Å². The second-order valence-corrected chi connectivity index (χ2v) is 5.76. The molecule has 0 fully saturated rings. The van der Waals surface area contributed by atoms with Gasteiger partial charge in [-0.1, -0.05) is 23.8 Å². The smallest absolute Gasteiger partial charge is 0.273 e. The fraction of sp³-hybridized carbons (Fsp3) is 0.333. The molecule has 2 amide bonds. The summed E-state index contributed by atoms with van der Waals surface area (Å²) < 4.78 is 5.30. The Balaban J connectivity index is 1.83. The van der Waals surface area contributed by atoms with Crippen LogP contribution in [-0.4, -0.2) is 11.8 Å². The van der Waals surface area contributed by atoms with Crippen LogP contribution in [0.25, 0.3) is 0 Å². The zero-order valence-electron chi connectivity index (χ0n) is 13.9. The van der Waals surface area contributed by atoms with Crippen molar-refractivity contribution in [2.24, 2.45) is 0 Å². The van der Waals surface area contributed by atoms with Crippen LogP contribution in [0.15, 0.2) is 28.7 Å². The van der Waals surface area contributed by atoms with Crippen molar-refractivity contribution in [3.05, 3.63) is 58.0 Å². The molecule has 1 aromatic carbocycles. The highest BCUT2D eigenvalue weighted by Crippen LogP contribution is 2.13. The zero-order valence-corrected chi connectivity index (χ0v) is 13.9. The van der Waals surface area contributed by atoms with E-state index in [4.69, 9.17) is 4.42 Å². The predicted octanol–water partition coefficient (Wildman–Crippen LogP) is 2.91. The third-order valence-corrected chi connectivity index (χ3v) is 3.72. The van der Waals surface area contributed by atoms with Crippen LogP contribution in [0, 0.1) is 27.7 Å². The Labute approximate surface area is 136 Å². The minimum absolute atomic E-state index is 0.226. The first kappa shape index (κ1) is 16.8. The number of rotatable bonds is 4. The molecule has 23 heavy (non-hydrogen) atoms. The van der Waals surface area contributed by atoms with Gasteiger partial charge in [-0.3, -0.25) is 20.4 Å². The van der Waals surface area contributed by atoms with E-state index in [0.29, 0.717) is 29.9 Å². The van der Waals surface area contributed by atoms with E-state index in [0.717, 1.165) is 5.56 Å². The highest BCUT2D eigenvalue weighted by molar-refractivity contribution is 5.96. The van der Waals surface area contributed by atoms with Crippen LogP contribution in [0.4, 0.5) is 0 Å². The molecule has 0 saturated carbocycles. The SMILES string of the molecule is Cc1ccc(CCC(=O)NNC(=O)c2cc(C)oc2C)c(C)c1. The first-order valence-corrected chi connectivity index (χ1v) is 7.59. The maximum atomic E-state index is 12.0. The topological polar surface area (TPSA) is 71.3 Å². The average Bonchev–Trinajstić information content (AvgIpc) is 2.82. The molecule has 2 aromatic rings. The Hall–Kier alpha value is -2.56. The van der Waals surface area contributed by atoms with E-state index in [2.05, 4.69) is 16.9 Å². The highest BCUT2D eigenvalue weighted by atomic mass is 16.3. The van der Waals surface area contributed by atoms with Crippen LogP contribution < -0.4 is 10.9 Å². The van der Waals surface area contributed by atoms with Crippen molar-refractivity contribution < 1.29 is 14.0 Å². The molecular formula is C18H22N2O3. The molecular weight excluding hydrogens is 292 g/mol. The number of benzene rings is 1. The van der Waals surface area contributed by atoms with E-state index in [1.807, 2.05) is 26.0 Å². The number of carbonyl (C=O) groups excluding carboxylic acids is 2. The number of carbonyl (C=O) groups is 2. The van der Waals surface area contributed by atoms with E-state index in [1.165, 1.54) is 11.1 Å². The monoisotopic (exact) mass is 314 g/mol. The summed E-state index contributed by atoms with van der Waals surface area (Å²) in [5.74, 6) is 0.591. The van der Waals surface area contributed by atoms with Gasteiger partial charge in [-0.25, -0.2) is 0 Å².